The van der Waals surface area contributed by atoms with E-state index in [1.807, 2.05) is 12.1 Å². The van der Waals surface area contributed by atoms with Crippen LogP contribution in [0.5, 0.6) is 11.5 Å². The van der Waals surface area contributed by atoms with Crippen molar-refractivity contribution in [2.24, 2.45) is 0 Å². The number of anilines is 2. The zero-order valence-electron chi connectivity index (χ0n) is 13.3. The molecule has 6 nitrogen and oxygen atoms in total. The van der Waals surface area contributed by atoms with Crippen LogP contribution in [0.2, 0.25) is 5.02 Å². The topological polar surface area (TPSA) is 83.4 Å². The summed E-state index contributed by atoms with van der Waals surface area (Å²) in [6, 6.07) is 12.6. The van der Waals surface area contributed by atoms with Crippen molar-refractivity contribution < 1.29 is 14.3 Å². The van der Waals surface area contributed by atoms with Crippen LogP contribution in [-0.4, -0.2) is 25.7 Å². The molecule has 0 saturated carbocycles. The van der Waals surface area contributed by atoms with Gasteiger partial charge in [-0.1, -0.05) is 23.7 Å². The van der Waals surface area contributed by atoms with Gasteiger partial charge in [-0.3, -0.25) is 4.79 Å². The van der Waals surface area contributed by atoms with Crippen LogP contribution in [0.15, 0.2) is 36.4 Å². The van der Waals surface area contributed by atoms with Gasteiger partial charge in [0.05, 0.1) is 29.7 Å². The number of halogens is 1. The monoisotopic (exact) mass is 357 g/mol. The number of nitrogens with one attached hydrogen (secondary N) is 2. The van der Waals surface area contributed by atoms with E-state index in [-0.39, 0.29) is 12.5 Å². The number of carbonyl (C=O) groups is 1. The number of ether oxygens (including phenoxy) is 2. The first kappa shape index (κ1) is 16.9. The smallest absolute Gasteiger partial charge is 0.243 e. The minimum Gasteiger partial charge on any atom is -0.486 e. The number of nitrogens with zero attached hydrogens (tertiary/aromatic N) is 1. The lowest BCUT2D eigenvalue weighted by Crippen LogP contribution is -2.22. The lowest BCUT2D eigenvalue weighted by Gasteiger charge is -2.20. The van der Waals surface area contributed by atoms with Crippen LogP contribution in [0.25, 0.3) is 0 Å². The number of hydrogen-bond donors (Lipinski definition) is 2. The third-order valence-electron chi connectivity index (χ3n) is 3.59. The fourth-order valence-corrected chi connectivity index (χ4v) is 2.60. The van der Waals surface area contributed by atoms with Crippen molar-refractivity contribution in [1.29, 1.82) is 5.26 Å². The summed E-state index contributed by atoms with van der Waals surface area (Å²) in [4.78, 5) is 12.1. The molecule has 1 aliphatic rings. The Bertz CT molecular complexity index is 816. The van der Waals surface area contributed by atoms with Crippen LogP contribution in [0.3, 0.4) is 0 Å². The van der Waals surface area contributed by atoms with Crippen molar-refractivity contribution in [2.75, 3.05) is 30.4 Å². The molecule has 0 aromatic heterocycles. The van der Waals surface area contributed by atoms with Crippen LogP contribution in [0.1, 0.15) is 5.56 Å². The Morgan fingerprint density at radius 3 is 2.52 bits per heavy atom. The molecule has 0 radical (unpaired) electrons. The van der Waals surface area contributed by atoms with Gasteiger partial charge in [0.25, 0.3) is 0 Å². The number of hydrogen-bond acceptors (Lipinski definition) is 5. The third kappa shape index (κ3) is 4.34. The normalized spacial score (nSPS) is 12.2. The van der Waals surface area contributed by atoms with Crippen LogP contribution in [-0.2, 0) is 11.2 Å². The molecule has 0 saturated heterocycles. The van der Waals surface area contributed by atoms with Crippen molar-refractivity contribution in [3.63, 3.8) is 0 Å². The van der Waals surface area contributed by atoms with E-state index >= 15 is 0 Å². The fraction of sp³-hybridized carbons (Fsp3) is 0.222. The summed E-state index contributed by atoms with van der Waals surface area (Å²) in [7, 11) is 0. The molecule has 0 atom stereocenters. The third-order valence-corrected chi connectivity index (χ3v) is 3.90. The van der Waals surface area contributed by atoms with Crippen LogP contribution < -0.4 is 20.1 Å². The molecule has 3 rings (SSSR count). The molecule has 0 unspecified atom stereocenters. The number of fused-ring (bicyclic) bond motifs is 1. The highest BCUT2D eigenvalue weighted by Gasteiger charge is 2.15. The van der Waals surface area contributed by atoms with Crippen molar-refractivity contribution in [3.8, 4) is 17.6 Å². The number of amides is 1. The molecule has 0 aliphatic carbocycles. The maximum atomic E-state index is 12.1. The molecule has 2 N–H and O–H groups in total. The lowest BCUT2D eigenvalue weighted by atomic mass is 10.1. The number of nitriles is 1. The average Bonchev–Trinajstić information content (AvgIpc) is 2.62. The summed E-state index contributed by atoms with van der Waals surface area (Å²) in [5.41, 5.74) is 2.17. The maximum absolute atomic E-state index is 12.1. The number of carbonyl (C=O) groups excluding carboxylic acids is 1. The summed E-state index contributed by atoms with van der Waals surface area (Å²) >= 11 is 6.20. The van der Waals surface area contributed by atoms with Gasteiger partial charge in [-0.05, 0) is 17.7 Å². The Kier molecular flexibility index (Phi) is 5.26. The Balaban J connectivity index is 1.58. The van der Waals surface area contributed by atoms with Crippen LogP contribution >= 0.6 is 11.6 Å². The van der Waals surface area contributed by atoms with Gasteiger partial charge < -0.3 is 20.1 Å². The van der Waals surface area contributed by atoms with Crippen LogP contribution in [0.4, 0.5) is 11.4 Å². The van der Waals surface area contributed by atoms with Gasteiger partial charge in [0.2, 0.25) is 5.91 Å². The second kappa shape index (κ2) is 7.77. The predicted molar refractivity (Wildman–Crippen MR) is 95.3 cm³/mol. The molecule has 0 spiro atoms. The van der Waals surface area contributed by atoms with Crippen molar-refractivity contribution >= 4 is 28.9 Å². The van der Waals surface area contributed by atoms with Crippen molar-refractivity contribution in [3.05, 3.63) is 47.0 Å². The fourth-order valence-electron chi connectivity index (χ4n) is 2.38. The molecule has 2 aromatic carbocycles. The SMILES string of the molecule is N#CCc1ccc(NC(=O)CNc2cc3c(cc2Cl)OCCO3)cc1. The van der Waals surface area contributed by atoms with E-state index in [0.29, 0.717) is 47.5 Å². The minimum atomic E-state index is -0.209. The van der Waals surface area contributed by atoms with E-state index in [9.17, 15) is 4.79 Å². The first-order valence-electron chi connectivity index (χ1n) is 7.74. The molecule has 1 aliphatic heterocycles. The molecule has 7 heteroatoms. The Morgan fingerprint density at radius 1 is 1.16 bits per heavy atom. The van der Waals surface area contributed by atoms with Crippen LogP contribution in [0, 0.1) is 11.3 Å². The van der Waals surface area contributed by atoms with Gasteiger partial charge >= 0.3 is 0 Å². The summed E-state index contributed by atoms with van der Waals surface area (Å²) in [5, 5.41) is 14.9. The number of rotatable bonds is 5. The molecule has 1 heterocycles. The van der Waals surface area contributed by atoms with E-state index in [0.717, 1.165) is 5.56 Å². The highest BCUT2D eigenvalue weighted by atomic mass is 35.5. The molecule has 2 aromatic rings. The molecule has 0 fully saturated rings. The van der Waals surface area contributed by atoms with Crippen molar-refractivity contribution in [1.82, 2.24) is 0 Å². The first-order chi connectivity index (χ1) is 12.2. The Hall–Kier alpha value is -2.91. The van der Waals surface area contributed by atoms with Crippen molar-refractivity contribution in [2.45, 2.75) is 6.42 Å². The van der Waals surface area contributed by atoms with E-state index in [1.54, 1.807) is 24.3 Å². The summed E-state index contributed by atoms with van der Waals surface area (Å²) in [5.74, 6) is 0.995. The van der Waals surface area contributed by atoms with Gasteiger partial charge in [-0.25, -0.2) is 0 Å². The largest absolute Gasteiger partial charge is 0.486 e. The zero-order valence-corrected chi connectivity index (χ0v) is 14.1. The van der Waals surface area contributed by atoms with E-state index < -0.39 is 0 Å². The molecular formula is C18H16ClN3O3. The quantitative estimate of drug-likeness (QED) is 0.858. The zero-order chi connectivity index (χ0) is 17.6. The Morgan fingerprint density at radius 2 is 1.84 bits per heavy atom. The summed E-state index contributed by atoms with van der Waals surface area (Å²) in [6.45, 7) is 1.03. The highest BCUT2D eigenvalue weighted by molar-refractivity contribution is 6.33. The van der Waals surface area contributed by atoms with E-state index in [1.165, 1.54) is 0 Å². The summed E-state index contributed by atoms with van der Waals surface area (Å²) in [6.07, 6.45) is 0.346. The molecule has 25 heavy (non-hydrogen) atoms. The van der Waals surface area contributed by atoms with E-state index in [4.69, 9.17) is 26.3 Å². The first-order valence-corrected chi connectivity index (χ1v) is 8.12. The second-order valence-corrected chi connectivity index (χ2v) is 5.82. The number of benzene rings is 2. The average molecular weight is 358 g/mol. The molecule has 1 amide bonds. The molecule has 0 bridgehead atoms. The molecule has 128 valence electrons. The maximum Gasteiger partial charge on any atom is 0.243 e. The van der Waals surface area contributed by atoms with Gasteiger partial charge in [0.1, 0.15) is 13.2 Å². The molecular weight excluding hydrogens is 342 g/mol. The standard InChI is InChI=1S/C18H16ClN3O3/c19-14-9-16-17(25-8-7-24-16)10-15(14)21-11-18(23)22-13-3-1-12(2-4-13)5-6-20/h1-4,9-10,21H,5,7-8,11H2,(H,22,23). The van der Waals surface area contributed by atoms with Gasteiger partial charge in [-0.15, -0.1) is 0 Å². The van der Waals surface area contributed by atoms with Gasteiger partial charge in [0, 0.05) is 17.8 Å². The minimum absolute atomic E-state index is 0.0549. The highest BCUT2D eigenvalue weighted by Crippen LogP contribution is 2.37. The second-order valence-electron chi connectivity index (χ2n) is 5.41. The predicted octanol–water partition coefficient (Wildman–Crippen LogP) is 3.23. The van der Waals surface area contributed by atoms with E-state index in [2.05, 4.69) is 16.7 Å². The Labute approximate surface area is 150 Å². The van der Waals surface area contributed by atoms with Gasteiger partial charge in [-0.2, -0.15) is 5.26 Å². The lowest BCUT2D eigenvalue weighted by molar-refractivity contribution is -0.114. The van der Waals surface area contributed by atoms with Gasteiger partial charge in [0.15, 0.2) is 11.5 Å². The summed E-state index contributed by atoms with van der Waals surface area (Å²) < 4.78 is 11.0.